The highest BCUT2D eigenvalue weighted by molar-refractivity contribution is 5.52. The molecule has 0 N–H and O–H groups in total. The van der Waals surface area contributed by atoms with Crippen LogP contribution in [0.1, 0.15) is 104 Å². The van der Waals surface area contributed by atoms with Gasteiger partial charge in [0.05, 0.1) is 0 Å². The summed E-state index contributed by atoms with van der Waals surface area (Å²) in [6, 6.07) is 0. The summed E-state index contributed by atoms with van der Waals surface area (Å²) in [6.07, 6.45) is 19.9. The molecule has 0 rings (SSSR count). The Hall–Kier alpha value is -0.370. The van der Waals surface area contributed by atoms with Crippen molar-refractivity contribution in [2.75, 3.05) is 13.2 Å². The molecule has 0 amide bonds. The molecule has 132 valence electrons. The van der Waals surface area contributed by atoms with Crippen molar-refractivity contribution in [1.29, 1.82) is 0 Å². The largest absolute Gasteiger partial charge is 0.381 e. The molecule has 0 aliphatic carbocycles. The van der Waals surface area contributed by atoms with Gasteiger partial charge in [0.1, 0.15) is 6.29 Å². The van der Waals surface area contributed by atoms with Crippen LogP contribution in [0.3, 0.4) is 0 Å². The molecule has 22 heavy (non-hydrogen) atoms. The lowest BCUT2D eigenvalue weighted by Gasteiger charge is -2.06. The minimum absolute atomic E-state index is 0.145. The van der Waals surface area contributed by atoms with Crippen molar-refractivity contribution in [3.05, 3.63) is 0 Å². The van der Waals surface area contributed by atoms with Crippen LogP contribution in [0.15, 0.2) is 0 Å². The zero-order chi connectivity index (χ0) is 16.3. The minimum Gasteiger partial charge on any atom is -0.381 e. The van der Waals surface area contributed by atoms with Crippen molar-refractivity contribution in [1.82, 2.24) is 0 Å². The molecule has 0 aromatic rings. The van der Waals surface area contributed by atoms with E-state index in [9.17, 15) is 4.79 Å². The maximum Gasteiger partial charge on any atom is 0.122 e. The summed E-state index contributed by atoms with van der Waals surface area (Å²) in [5, 5.41) is 0. The number of carbonyl (C=O) groups is 1. The number of carbonyl (C=O) groups excluding carboxylic acids is 1. The predicted octanol–water partition coefficient (Wildman–Crippen LogP) is 6.32. The van der Waals surface area contributed by atoms with E-state index in [2.05, 4.69) is 6.92 Å². The second-order valence-corrected chi connectivity index (χ2v) is 6.76. The number of unbranched alkanes of at least 4 members (excludes halogenated alkanes) is 12. The molecule has 0 aliphatic rings. The van der Waals surface area contributed by atoms with Gasteiger partial charge in [-0.05, 0) is 12.8 Å². The second kappa shape index (κ2) is 18.7. The quantitative estimate of drug-likeness (QED) is 0.219. The molecule has 1 unspecified atom stereocenters. The van der Waals surface area contributed by atoms with Crippen LogP contribution >= 0.6 is 0 Å². The molecule has 0 heterocycles. The van der Waals surface area contributed by atoms with Gasteiger partial charge < -0.3 is 9.53 Å². The summed E-state index contributed by atoms with van der Waals surface area (Å²) in [5.41, 5.74) is 0. The van der Waals surface area contributed by atoms with E-state index in [-0.39, 0.29) is 5.92 Å². The summed E-state index contributed by atoms with van der Waals surface area (Å²) in [6.45, 7) is 5.82. The lowest BCUT2D eigenvalue weighted by atomic mass is 10.0. The Kier molecular flexibility index (Phi) is 18.4. The maximum absolute atomic E-state index is 10.4. The summed E-state index contributed by atoms with van der Waals surface area (Å²) in [4.78, 5) is 10.4. The summed E-state index contributed by atoms with van der Waals surface area (Å²) < 4.78 is 5.55. The first kappa shape index (κ1) is 21.6. The molecule has 1 atom stereocenters. The Morgan fingerprint density at radius 3 is 1.64 bits per heavy atom. The van der Waals surface area contributed by atoms with Crippen LogP contribution in [-0.4, -0.2) is 19.5 Å². The minimum atomic E-state index is 0.145. The number of hydrogen-bond donors (Lipinski definition) is 0. The molecular formula is C20H40O2. The number of rotatable bonds is 18. The molecule has 0 saturated carbocycles. The van der Waals surface area contributed by atoms with Gasteiger partial charge in [0.25, 0.3) is 0 Å². The maximum atomic E-state index is 10.4. The predicted molar refractivity (Wildman–Crippen MR) is 96.4 cm³/mol. The van der Waals surface area contributed by atoms with E-state index in [0.29, 0.717) is 0 Å². The molecule has 0 aromatic heterocycles. The van der Waals surface area contributed by atoms with Gasteiger partial charge in [0.15, 0.2) is 0 Å². The highest BCUT2D eigenvalue weighted by atomic mass is 16.5. The summed E-state index contributed by atoms with van der Waals surface area (Å²) in [7, 11) is 0. The average molecular weight is 313 g/mol. The number of hydrogen-bond acceptors (Lipinski definition) is 2. The Bertz CT molecular complexity index is 216. The van der Waals surface area contributed by atoms with Crippen molar-refractivity contribution in [3.8, 4) is 0 Å². The van der Waals surface area contributed by atoms with Gasteiger partial charge in [-0.3, -0.25) is 0 Å². The van der Waals surface area contributed by atoms with E-state index in [4.69, 9.17) is 4.74 Å². The van der Waals surface area contributed by atoms with E-state index in [1.54, 1.807) is 0 Å². The van der Waals surface area contributed by atoms with Gasteiger partial charge in [0, 0.05) is 19.1 Å². The summed E-state index contributed by atoms with van der Waals surface area (Å²) in [5.74, 6) is 0.145. The lowest BCUT2D eigenvalue weighted by molar-refractivity contribution is -0.111. The van der Waals surface area contributed by atoms with Crippen molar-refractivity contribution in [2.24, 2.45) is 5.92 Å². The van der Waals surface area contributed by atoms with Crippen LogP contribution in [0.4, 0.5) is 0 Å². The van der Waals surface area contributed by atoms with Gasteiger partial charge >= 0.3 is 0 Å². The van der Waals surface area contributed by atoms with Crippen LogP contribution in [0.25, 0.3) is 0 Å². The third-order valence-electron chi connectivity index (χ3n) is 4.34. The number of aldehydes is 1. The SMILES string of the molecule is CCCCCCCCCCCCCCCOCCC(C)C=O. The molecule has 0 aliphatic heterocycles. The van der Waals surface area contributed by atoms with Crippen molar-refractivity contribution in [3.63, 3.8) is 0 Å². The molecule has 0 bridgehead atoms. The first-order valence-electron chi connectivity index (χ1n) is 9.84. The van der Waals surface area contributed by atoms with Crippen LogP contribution in [-0.2, 0) is 9.53 Å². The molecule has 0 saturated heterocycles. The topological polar surface area (TPSA) is 26.3 Å². The van der Waals surface area contributed by atoms with E-state index in [1.807, 2.05) is 6.92 Å². The molecule has 2 nitrogen and oxygen atoms in total. The Morgan fingerprint density at radius 2 is 1.18 bits per heavy atom. The van der Waals surface area contributed by atoms with Crippen LogP contribution in [0.5, 0.6) is 0 Å². The van der Waals surface area contributed by atoms with Crippen LogP contribution in [0, 0.1) is 5.92 Å². The molecule has 0 aromatic carbocycles. The third kappa shape index (κ3) is 17.7. The Balaban J connectivity index is 2.98. The van der Waals surface area contributed by atoms with Gasteiger partial charge in [0.2, 0.25) is 0 Å². The zero-order valence-electron chi connectivity index (χ0n) is 15.3. The smallest absolute Gasteiger partial charge is 0.122 e. The van der Waals surface area contributed by atoms with Gasteiger partial charge in [-0.25, -0.2) is 0 Å². The first-order chi connectivity index (χ1) is 10.8. The lowest BCUT2D eigenvalue weighted by Crippen LogP contribution is -2.03. The Morgan fingerprint density at radius 1 is 0.727 bits per heavy atom. The molecular weight excluding hydrogens is 272 g/mol. The normalized spacial score (nSPS) is 12.5. The summed E-state index contributed by atoms with van der Waals surface area (Å²) >= 11 is 0. The van der Waals surface area contributed by atoms with Gasteiger partial charge in [-0.15, -0.1) is 0 Å². The van der Waals surface area contributed by atoms with Crippen molar-refractivity contribution < 1.29 is 9.53 Å². The van der Waals surface area contributed by atoms with E-state index >= 15 is 0 Å². The van der Waals surface area contributed by atoms with E-state index < -0.39 is 0 Å². The van der Waals surface area contributed by atoms with E-state index in [1.165, 1.54) is 83.5 Å². The highest BCUT2D eigenvalue weighted by Crippen LogP contribution is 2.12. The second-order valence-electron chi connectivity index (χ2n) is 6.76. The fourth-order valence-electron chi connectivity index (χ4n) is 2.66. The van der Waals surface area contributed by atoms with Gasteiger partial charge in [-0.2, -0.15) is 0 Å². The monoisotopic (exact) mass is 312 g/mol. The zero-order valence-corrected chi connectivity index (χ0v) is 15.3. The standard InChI is InChI=1S/C20H40O2/c1-3-4-5-6-7-8-9-10-11-12-13-14-15-17-22-18-16-20(2)19-21/h19-20H,3-18H2,1-2H3. The fraction of sp³-hybridized carbons (Fsp3) is 0.950. The third-order valence-corrected chi connectivity index (χ3v) is 4.34. The van der Waals surface area contributed by atoms with Crippen molar-refractivity contribution in [2.45, 2.75) is 104 Å². The molecule has 0 radical (unpaired) electrons. The van der Waals surface area contributed by atoms with Crippen LogP contribution in [0.2, 0.25) is 0 Å². The first-order valence-corrected chi connectivity index (χ1v) is 9.84. The fourth-order valence-corrected chi connectivity index (χ4v) is 2.66. The average Bonchev–Trinajstić information content (AvgIpc) is 2.54. The van der Waals surface area contributed by atoms with Crippen LogP contribution < -0.4 is 0 Å². The Labute approximate surface area is 139 Å². The molecule has 2 heteroatoms. The molecule has 0 spiro atoms. The highest BCUT2D eigenvalue weighted by Gasteiger charge is 1.98. The van der Waals surface area contributed by atoms with Gasteiger partial charge in [-0.1, -0.05) is 90.9 Å². The van der Waals surface area contributed by atoms with E-state index in [0.717, 1.165) is 25.9 Å². The molecule has 0 fully saturated rings. The number of ether oxygens (including phenoxy) is 1. The van der Waals surface area contributed by atoms with Crippen molar-refractivity contribution >= 4 is 6.29 Å².